The zero-order chi connectivity index (χ0) is 10.6. The summed E-state index contributed by atoms with van der Waals surface area (Å²) in [5.74, 6) is 0. The fraction of sp³-hybridized carbons (Fsp3) is 0.333. The van der Waals surface area contributed by atoms with E-state index < -0.39 is 6.23 Å². The molecule has 76 valence electrons. The van der Waals surface area contributed by atoms with Crippen molar-refractivity contribution >= 4 is 5.69 Å². The molecule has 1 atom stereocenters. The van der Waals surface area contributed by atoms with Crippen LogP contribution >= 0.6 is 0 Å². The molecule has 0 radical (unpaired) electrons. The number of nitro groups is 1. The van der Waals surface area contributed by atoms with Gasteiger partial charge in [-0.2, -0.15) is 0 Å². The lowest BCUT2D eigenvalue weighted by Gasteiger charge is -2.09. The molecule has 0 aliphatic carbocycles. The first kappa shape index (κ1) is 10.5. The number of anilines is 1. The molecule has 0 saturated heterocycles. The van der Waals surface area contributed by atoms with Gasteiger partial charge in [0.1, 0.15) is 6.23 Å². The number of aliphatic hydroxyl groups excluding tert-OH is 1. The average molecular weight is 196 g/mol. The number of benzene rings is 1. The predicted octanol–water partition coefficient (Wildman–Crippen LogP) is 1.21. The number of hydrogen-bond donors (Lipinski definition) is 2. The highest BCUT2D eigenvalue weighted by molar-refractivity contribution is 5.45. The van der Waals surface area contributed by atoms with Crippen LogP contribution < -0.4 is 5.32 Å². The van der Waals surface area contributed by atoms with Crippen molar-refractivity contribution in [2.45, 2.75) is 19.7 Å². The van der Waals surface area contributed by atoms with E-state index in [0.717, 1.165) is 0 Å². The van der Waals surface area contributed by atoms with E-state index in [2.05, 4.69) is 5.32 Å². The highest BCUT2D eigenvalue weighted by atomic mass is 16.6. The first-order valence-electron chi connectivity index (χ1n) is 4.23. The Hall–Kier alpha value is -1.62. The maximum atomic E-state index is 10.2. The van der Waals surface area contributed by atoms with Crippen LogP contribution in [0.3, 0.4) is 0 Å². The molecule has 14 heavy (non-hydrogen) atoms. The van der Waals surface area contributed by atoms with E-state index in [9.17, 15) is 10.1 Å². The van der Waals surface area contributed by atoms with Crippen LogP contribution in [0, 0.1) is 10.1 Å². The van der Waals surface area contributed by atoms with Gasteiger partial charge in [-0.25, -0.2) is 0 Å². The van der Waals surface area contributed by atoms with Gasteiger partial charge >= 0.3 is 0 Å². The van der Waals surface area contributed by atoms with Crippen molar-refractivity contribution in [3.63, 3.8) is 0 Å². The predicted molar refractivity (Wildman–Crippen MR) is 52.4 cm³/mol. The molecule has 1 aromatic rings. The Kier molecular flexibility index (Phi) is 3.41. The smallest absolute Gasteiger partial charge is 0.229 e. The van der Waals surface area contributed by atoms with Gasteiger partial charge in [-0.3, -0.25) is 10.1 Å². The summed E-state index contributed by atoms with van der Waals surface area (Å²) in [5.41, 5.74) is 1.29. The zero-order valence-electron chi connectivity index (χ0n) is 7.80. The fourth-order valence-corrected chi connectivity index (χ4v) is 1.15. The second-order valence-corrected chi connectivity index (χ2v) is 3.01. The minimum Gasteiger partial charge on any atom is -0.374 e. The maximum absolute atomic E-state index is 10.2. The first-order chi connectivity index (χ1) is 6.58. The summed E-state index contributed by atoms with van der Waals surface area (Å²) >= 11 is 0. The number of hydrogen-bond acceptors (Lipinski definition) is 4. The van der Waals surface area contributed by atoms with Crippen molar-refractivity contribution in [3.05, 3.63) is 39.9 Å². The second kappa shape index (κ2) is 4.57. The Morgan fingerprint density at radius 3 is 2.93 bits per heavy atom. The van der Waals surface area contributed by atoms with E-state index in [1.807, 2.05) is 0 Å². The third kappa shape index (κ3) is 3.40. The van der Waals surface area contributed by atoms with Crippen molar-refractivity contribution in [2.75, 3.05) is 5.32 Å². The lowest BCUT2D eigenvalue weighted by atomic mass is 10.2. The molecule has 5 heteroatoms. The van der Waals surface area contributed by atoms with Gasteiger partial charge in [0.25, 0.3) is 0 Å². The summed E-state index contributed by atoms with van der Waals surface area (Å²) in [6.45, 7) is 1.38. The third-order valence-corrected chi connectivity index (χ3v) is 1.61. The Balaban J connectivity index is 2.73. The standard InChI is InChI=1S/C9H12N2O3/c1-7(12)10-9-4-2-3-8(5-9)6-11(13)14/h2-5,7,10,12H,6H2,1H3. The van der Waals surface area contributed by atoms with Gasteiger partial charge in [-0.15, -0.1) is 0 Å². The van der Waals surface area contributed by atoms with Crippen molar-refractivity contribution in [2.24, 2.45) is 0 Å². The number of aliphatic hydroxyl groups is 1. The van der Waals surface area contributed by atoms with Crippen LogP contribution in [0.5, 0.6) is 0 Å². The van der Waals surface area contributed by atoms with Gasteiger partial charge in [-0.05, 0) is 19.1 Å². The van der Waals surface area contributed by atoms with Crippen LogP contribution in [0.4, 0.5) is 5.69 Å². The summed E-state index contributed by atoms with van der Waals surface area (Å²) in [4.78, 5) is 9.85. The number of nitrogens with one attached hydrogen (secondary N) is 1. The lowest BCUT2D eigenvalue weighted by molar-refractivity contribution is -0.496. The van der Waals surface area contributed by atoms with E-state index in [4.69, 9.17) is 5.11 Å². The monoisotopic (exact) mass is 196 g/mol. The topological polar surface area (TPSA) is 75.4 Å². The normalized spacial score (nSPS) is 12.1. The van der Waals surface area contributed by atoms with Crippen molar-refractivity contribution in [3.8, 4) is 0 Å². The van der Waals surface area contributed by atoms with Crippen molar-refractivity contribution in [1.82, 2.24) is 0 Å². The molecule has 0 aliphatic heterocycles. The lowest BCUT2D eigenvalue weighted by Crippen LogP contribution is -2.13. The zero-order valence-corrected chi connectivity index (χ0v) is 7.80. The Morgan fingerprint density at radius 1 is 1.64 bits per heavy atom. The molecule has 1 rings (SSSR count). The molecule has 0 fully saturated rings. The van der Waals surface area contributed by atoms with Gasteiger partial charge < -0.3 is 10.4 Å². The fourth-order valence-electron chi connectivity index (χ4n) is 1.15. The Morgan fingerprint density at radius 2 is 2.36 bits per heavy atom. The minimum absolute atomic E-state index is 0.199. The minimum atomic E-state index is -0.666. The molecule has 5 nitrogen and oxygen atoms in total. The van der Waals surface area contributed by atoms with Crippen LogP contribution in [0.2, 0.25) is 0 Å². The average Bonchev–Trinajstić information content (AvgIpc) is 2.01. The van der Waals surface area contributed by atoms with E-state index in [1.165, 1.54) is 0 Å². The van der Waals surface area contributed by atoms with Crippen LogP contribution in [-0.4, -0.2) is 16.3 Å². The summed E-state index contributed by atoms with van der Waals surface area (Å²) in [6, 6.07) is 6.78. The molecule has 2 N–H and O–H groups in total. The largest absolute Gasteiger partial charge is 0.374 e. The Labute approximate surface area is 81.5 Å². The molecule has 0 amide bonds. The van der Waals surface area contributed by atoms with Crippen LogP contribution in [-0.2, 0) is 6.54 Å². The van der Waals surface area contributed by atoms with Gasteiger partial charge in [0.05, 0.1) is 0 Å². The van der Waals surface area contributed by atoms with Gasteiger partial charge in [0.15, 0.2) is 0 Å². The number of nitrogens with zero attached hydrogens (tertiary/aromatic N) is 1. The van der Waals surface area contributed by atoms with Crippen molar-refractivity contribution < 1.29 is 10.0 Å². The summed E-state index contributed by atoms with van der Waals surface area (Å²) < 4.78 is 0. The molecule has 0 saturated carbocycles. The molecule has 1 unspecified atom stereocenters. The highest BCUT2D eigenvalue weighted by Gasteiger charge is 2.02. The van der Waals surface area contributed by atoms with E-state index in [-0.39, 0.29) is 11.5 Å². The molecular formula is C9H12N2O3. The van der Waals surface area contributed by atoms with Gasteiger partial charge in [0, 0.05) is 16.2 Å². The Bertz CT molecular complexity index is 326. The van der Waals surface area contributed by atoms with Crippen LogP contribution in [0.15, 0.2) is 24.3 Å². The summed E-state index contributed by atoms with van der Waals surface area (Å²) in [5, 5.41) is 22.0. The van der Waals surface area contributed by atoms with E-state index in [1.54, 1.807) is 31.2 Å². The molecule has 0 spiro atoms. The quantitative estimate of drug-likeness (QED) is 0.431. The van der Waals surface area contributed by atoms with E-state index >= 15 is 0 Å². The molecule has 0 aromatic heterocycles. The second-order valence-electron chi connectivity index (χ2n) is 3.01. The molecule has 0 aliphatic rings. The van der Waals surface area contributed by atoms with Crippen molar-refractivity contribution in [1.29, 1.82) is 0 Å². The first-order valence-corrected chi connectivity index (χ1v) is 4.23. The van der Waals surface area contributed by atoms with Gasteiger partial charge in [0.2, 0.25) is 6.54 Å². The molecule has 1 aromatic carbocycles. The highest BCUT2D eigenvalue weighted by Crippen LogP contribution is 2.11. The molecule has 0 heterocycles. The van der Waals surface area contributed by atoms with Crippen LogP contribution in [0.1, 0.15) is 12.5 Å². The third-order valence-electron chi connectivity index (χ3n) is 1.61. The maximum Gasteiger partial charge on any atom is 0.229 e. The SMILES string of the molecule is CC(O)Nc1cccc(C[N+](=O)[O-])c1. The summed E-state index contributed by atoms with van der Waals surface area (Å²) in [7, 11) is 0. The van der Waals surface area contributed by atoms with Crippen LogP contribution in [0.25, 0.3) is 0 Å². The number of rotatable bonds is 4. The molecule has 0 bridgehead atoms. The summed E-state index contributed by atoms with van der Waals surface area (Å²) in [6.07, 6.45) is -0.666. The van der Waals surface area contributed by atoms with E-state index in [0.29, 0.717) is 11.3 Å². The van der Waals surface area contributed by atoms with Gasteiger partial charge in [-0.1, -0.05) is 12.1 Å². The molecular weight excluding hydrogens is 184 g/mol.